The maximum absolute atomic E-state index is 12.8. The Morgan fingerprint density at radius 3 is 2.50 bits per heavy atom. The second kappa shape index (κ2) is 8.82. The third-order valence-electron chi connectivity index (χ3n) is 3.84. The lowest BCUT2D eigenvalue weighted by Crippen LogP contribution is -2.44. The van der Waals surface area contributed by atoms with Crippen LogP contribution in [0.2, 0.25) is 0 Å². The summed E-state index contributed by atoms with van der Waals surface area (Å²) in [6.07, 6.45) is 6.14. The smallest absolute Gasteiger partial charge is 0.270 e. The number of hydrogen-bond donors (Lipinski definition) is 1. The van der Waals surface area contributed by atoms with Crippen LogP contribution in [0.15, 0.2) is 64.9 Å². The van der Waals surface area contributed by atoms with Gasteiger partial charge in [-0.1, -0.05) is 30.3 Å². The molecule has 1 aliphatic heterocycles. The minimum Gasteiger partial charge on any atom is -0.465 e. The maximum Gasteiger partial charge on any atom is 0.270 e. The molecule has 6 nitrogen and oxygen atoms in total. The van der Waals surface area contributed by atoms with Crippen LogP contribution in [0.25, 0.3) is 12.2 Å². The van der Waals surface area contributed by atoms with Crippen LogP contribution in [0.3, 0.4) is 0 Å². The van der Waals surface area contributed by atoms with Crippen LogP contribution in [0, 0.1) is 0 Å². The summed E-state index contributed by atoms with van der Waals surface area (Å²) in [4.78, 5) is 26.7. The van der Waals surface area contributed by atoms with Crippen molar-refractivity contribution in [2.24, 2.45) is 0 Å². The summed E-state index contributed by atoms with van der Waals surface area (Å²) >= 11 is 0. The molecule has 0 atom stereocenters. The number of ether oxygens (including phenoxy) is 1. The maximum atomic E-state index is 12.8. The molecule has 0 spiro atoms. The number of nitrogens with one attached hydrogen (secondary N) is 1. The third-order valence-corrected chi connectivity index (χ3v) is 3.84. The first-order chi connectivity index (χ1) is 12.7. The van der Waals surface area contributed by atoms with Gasteiger partial charge in [0.15, 0.2) is 0 Å². The SMILES string of the molecule is O=C(/C=C/c1ccccc1)N/C(=C/c1ccco1)C(=O)N1CCOCC1. The fourth-order valence-corrected chi connectivity index (χ4v) is 2.51. The summed E-state index contributed by atoms with van der Waals surface area (Å²) < 4.78 is 10.5. The quantitative estimate of drug-likeness (QED) is 0.838. The summed E-state index contributed by atoms with van der Waals surface area (Å²) in [5, 5.41) is 2.67. The lowest BCUT2D eigenvalue weighted by atomic mass is 10.2. The molecule has 1 aromatic heterocycles. The number of morpholine rings is 1. The molecule has 26 heavy (non-hydrogen) atoms. The van der Waals surface area contributed by atoms with Crippen molar-refractivity contribution in [3.63, 3.8) is 0 Å². The zero-order valence-corrected chi connectivity index (χ0v) is 14.3. The van der Waals surface area contributed by atoms with Gasteiger partial charge < -0.3 is 19.4 Å². The number of nitrogens with zero attached hydrogens (tertiary/aromatic N) is 1. The predicted octanol–water partition coefficient (Wildman–Crippen LogP) is 2.31. The second-order valence-electron chi connectivity index (χ2n) is 5.71. The number of benzene rings is 1. The lowest BCUT2D eigenvalue weighted by Gasteiger charge is -2.27. The molecule has 134 valence electrons. The number of rotatable bonds is 5. The fourth-order valence-electron chi connectivity index (χ4n) is 2.51. The van der Waals surface area contributed by atoms with Gasteiger partial charge in [-0.3, -0.25) is 9.59 Å². The summed E-state index contributed by atoms with van der Waals surface area (Å²) in [6, 6.07) is 12.9. The molecular weight excluding hydrogens is 332 g/mol. The highest BCUT2D eigenvalue weighted by Gasteiger charge is 2.22. The number of hydrogen-bond acceptors (Lipinski definition) is 4. The van der Waals surface area contributed by atoms with Gasteiger partial charge >= 0.3 is 0 Å². The van der Waals surface area contributed by atoms with Gasteiger partial charge in [0.1, 0.15) is 11.5 Å². The average molecular weight is 352 g/mol. The predicted molar refractivity (Wildman–Crippen MR) is 97.7 cm³/mol. The molecule has 1 aromatic carbocycles. The molecule has 0 radical (unpaired) electrons. The summed E-state index contributed by atoms with van der Waals surface area (Å²) in [5.41, 5.74) is 1.07. The van der Waals surface area contributed by atoms with E-state index in [1.807, 2.05) is 30.3 Å². The van der Waals surface area contributed by atoms with E-state index >= 15 is 0 Å². The van der Waals surface area contributed by atoms with E-state index in [0.29, 0.717) is 32.1 Å². The summed E-state index contributed by atoms with van der Waals surface area (Å²) in [5.74, 6) is -0.145. The molecular formula is C20H20N2O4. The van der Waals surface area contributed by atoms with Crippen LogP contribution < -0.4 is 5.32 Å². The number of carbonyl (C=O) groups is 2. The summed E-state index contributed by atoms with van der Waals surface area (Å²) in [7, 11) is 0. The Balaban J connectivity index is 1.74. The van der Waals surface area contributed by atoms with Crippen molar-refractivity contribution in [3.05, 3.63) is 71.8 Å². The Kier molecular flexibility index (Phi) is 6.01. The monoisotopic (exact) mass is 352 g/mol. The first-order valence-electron chi connectivity index (χ1n) is 8.39. The molecule has 1 fully saturated rings. The minimum absolute atomic E-state index is 0.171. The van der Waals surface area contributed by atoms with E-state index in [1.54, 1.807) is 23.1 Å². The average Bonchev–Trinajstić information content (AvgIpc) is 3.20. The number of amides is 2. The van der Waals surface area contributed by atoms with Gasteiger partial charge in [-0.25, -0.2) is 0 Å². The molecule has 3 rings (SSSR count). The first kappa shape index (κ1) is 17.7. The van der Waals surface area contributed by atoms with Crippen LogP contribution >= 0.6 is 0 Å². The van der Waals surface area contributed by atoms with Crippen molar-refractivity contribution >= 4 is 24.0 Å². The highest BCUT2D eigenvalue weighted by atomic mass is 16.5. The van der Waals surface area contributed by atoms with Gasteiger partial charge in [0, 0.05) is 25.2 Å². The van der Waals surface area contributed by atoms with E-state index in [-0.39, 0.29) is 17.5 Å². The van der Waals surface area contributed by atoms with E-state index in [4.69, 9.17) is 9.15 Å². The van der Waals surface area contributed by atoms with Crippen LogP contribution in [-0.2, 0) is 14.3 Å². The van der Waals surface area contributed by atoms with Gasteiger partial charge in [0.05, 0.1) is 19.5 Å². The van der Waals surface area contributed by atoms with Gasteiger partial charge in [0.2, 0.25) is 5.91 Å². The zero-order valence-electron chi connectivity index (χ0n) is 14.3. The Morgan fingerprint density at radius 1 is 1.04 bits per heavy atom. The molecule has 0 saturated carbocycles. The zero-order chi connectivity index (χ0) is 18.2. The molecule has 1 N–H and O–H groups in total. The minimum atomic E-state index is -0.381. The van der Waals surface area contributed by atoms with E-state index in [2.05, 4.69) is 5.32 Å². The van der Waals surface area contributed by atoms with E-state index in [1.165, 1.54) is 18.4 Å². The van der Waals surface area contributed by atoms with Crippen LogP contribution in [0.1, 0.15) is 11.3 Å². The Morgan fingerprint density at radius 2 is 1.81 bits per heavy atom. The molecule has 0 unspecified atom stereocenters. The van der Waals surface area contributed by atoms with Crippen molar-refractivity contribution in [3.8, 4) is 0 Å². The number of furan rings is 1. The first-order valence-corrected chi connectivity index (χ1v) is 8.39. The van der Waals surface area contributed by atoms with Gasteiger partial charge in [-0.05, 0) is 23.8 Å². The van der Waals surface area contributed by atoms with E-state index in [0.717, 1.165) is 5.56 Å². The van der Waals surface area contributed by atoms with Gasteiger partial charge in [0.25, 0.3) is 5.91 Å². The Bertz CT molecular complexity index is 788. The number of carbonyl (C=O) groups excluding carboxylic acids is 2. The molecule has 1 saturated heterocycles. The third kappa shape index (κ3) is 4.94. The molecule has 2 amide bonds. The highest BCUT2D eigenvalue weighted by Crippen LogP contribution is 2.10. The molecule has 0 bridgehead atoms. The van der Waals surface area contributed by atoms with Crippen molar-refractivity contribution in [2.45, 2.75) is 0 Å². The van der Waals surface area contributed by atoms with Crippen molar-refractivity contribution in [1.29, 1.82) is 0 Å². The van der Waals surface area contributed by atoms with Crippen LogP contribution in [0.4, 0.5) is 0 Å². The molecule has 2 heterocycles. The van der Waals surface area contributed by atoms with Gasteiger partial charge in [-0.2, -0.15) is 0 Å². The second-order valence-corrected chi connectivity index (χ2v) is 5.71. The molecule has 6 heteroatoms. The topological polar surface area (TPSA) is 71.8 Å². The normalized spacial score (nSPS) is 15.2. The van der Waals surface area contributed by atoms with Crippen LogP contribution in [-0.4, -0.2) is 43.0 Å². The fraction of sp³-hybridized carbons (Fsp3) is 0.200. The Labute approximate surface area is 151 Å². The van der Waals surface area contributed by atoms with E-state index < -0.39 is 0 Å². The van der Waals surface area contributed by atoms with Gasteiger partial charge in [-0.15, -0.1) is 0 Å². The van der Waals surface area contributed by atoms with Crippen molar-refractivity contribution < 1.29 is 18.7 Å². The summed E-state index contributed by atoms with van der Waals surface area (Å²) in [6.45, 7) is 1.96. The largest absolute Gasteiger partial charge is 0.465 e. The molecule has 1 aliphatic rings. The van der Waals surface area contributed by atoms with E-state index in [9.17, 15) is 9.59 Å². The molecule has 2 aromatic rings. The van der Waals surface area contributed by atoms with Crippen molar-refractivity contribution in [2.75, 3.05) is 26.3 Å². The highest BCUT2D eigenvalue weighted by molar-refractivity contribution is 6.04. The van der Waals surface area contributed by atoms with Crippen molar-refractivity contribution in [1.82, 2.24) is 10.2 Å². The molecule has 0 aliphatic carbocycles. The lowest BCUT2D eigenvalue weighted by molar-refractivity contribution is -0.132. The Hall–Kier alpha value is -3.12. The van der Waals surface area contributed by atoms with Crippen LogP contribution in [0.5, 0.6) is 0 Å². The standard InChI is InChI=1S/C20H20N2O4/c23-19(9-8-16-5-2-1-3-6-16)21-18(15-17-7-4-12-26-17)20(24)22-10-13-25-14-11-22/h1-9,12,15H,10-11,13-14H2,(H,21,23)/b9-8+,18-15+.